The molecule has 2 aromatic heterocycles. The third kappa shape index (κ3) is 2.33. The molecule has 17 heavy (non-hydrogen) atoms. The maximum atomic E-state index is 11.9. The van der Waals surface area contributed by atoms with Crippen molar-refractivity contribution in [3.05, 3.63) is 28.5 Å². The fourth-order valence-corrected chi connectivity index (χ4v) is 3.17. The zero-order chi connectivity index (χ0) is 12.3. The SMILES string of the molecule is CCOC(=O)c1c(-c2cccs2)csc1NN. The first-order valence-corrected chi connectivity index (χ1v) is 6.83. The van der Waals surface area contributed by atoms with Crippen LogP contribution in [0.1, 0.15) is 17.3 Å². The Morgan fingerprint density at radius 2 is 2.35 bits per heavy atom. The van der Waals surface area contributed by atoms with Crippen LogP contribution in [0.15, 0.2) is 22.9 Å². The highest BCUT2D eigenvalue weighted by Gasteiger charge is 2.21. The molecule has 0 aliphatic carbocycles. The molecule has 2 heterocycles. The number of hydrazine groups is 1. The predicted molar refractivity (Wildman–Crippen MR) is 71.4 cm³/mol. The molecule has 0 unspecified atom stereocenters. The maximum absolute atomic E-state index is 11.9. The van der Waals surface area contributed by atoms with E-state index < -0.39 is 0 Å². The standard InChI is InChI=1S/C11H12N2O2S2/c1-2-15-11(14)9-7(6-17-10(9)13-12)8-4-3-5-16-8/h3-6,13H,2,12H2,1H3. The van der Waals surface area contributed by atoms with Gasteiger partial charge in [-0.15, -0.1) is 22.7 Å². The van der Waals surface area contributed by atoms with Gasteiger partial charge in [0.25, 0.3) is 0 Å². The van der Waals surface area contributed by atoms with E-state index in [4.69, 9.17) is 10.6 Å². The van der Waals surface area contributed by atoms with Crippen molar-refractivity contribution >= 4 is 33.6 Å². The third-order valence-corrected chi connectivity index (χ3v) is 4.00. The summed E-state index contributed by atoms with van der Waals surface area (Å²) in [5.74, 6) is 5.06. The molecular weight excluding hydrogens is 256 g/mol. The van der Waals surface area contributed by atoms with Crippen molar-refractivity contribution in [1.82, 2.24) is 0 Å². The summed E-state index contributed by atoms with van der Waals surface area (Å²) in [5.41, 5.74) is 3.93. The Morgan fingerprint density at radius 3 is 2.94 bits per heavy atom. The number of nitrogen functional groups attached to an aromatic ring is 1. The average molecular weight is 268 g/mol. The van der Waals surface area contributed by atoms with Gasteiger partial charge >= 0.3 is 5.97 Å². The molecule has 3 N–H and O–H groups in total. The molecule has 0 spiro atoms. The van der Waals surface area contributed by atoms with Gasteiger partial charge in [0.05, 0.1) is 6.61 Å². The van der Waals surface area contributed by atoms with Gasteiger partial charge in [0.15, 0.2) is 0 Å². The quantitative estimate of drug-likeness (QED) is 0.508. The number of carbonyl (C=O) groups excluding carboxylic acids is 1. The Balaban J connectivity index is 2.46. The van der Waals surface area contributed by atoms with Gasteiger partial charge in [0.2, 0.25) is 0 Å². The van der Waals surface area contributed by atoms with Gasteiger partial charge in [-0.05, 0) is 18.4 Å². The van der Waals surface area contributed by atoms with Crippen LogP contribution < -0.4 is 11.3 Å². The minimum absolute atomic E-state index is 0.342. The lowest BCUT2D eigenvalue weighted by Crippen LogP contribution is -2.12. The molecule has 0 amide bonds. The Labute approximate surface area is 107 Å². The number of hydrogen-bond donors (Lipinski definition) is 2. The smallest absolute Gasteiger partial charge is 0.341 e. The molecule has 2 rings (SSSR count). The van der Waals surface area contributed by atoms with Crippen LogP contribution in [0, 0.1) is 0 Å². The summed E-state index contributed by atoms with van der Waals surface area (Å²) in [7, 11) is 0. The minimum Gasteiger partial charge on any atom is -0.462 e. The Morgan fingerprint density at radius 1 is 1.53 bits per heavy atom. The van der Waals surface area contributed by atoms with Crippen LogP contribution in [0.4, 0.5) is 5.00 Å². The summed E-state index contributed by atoms with van der Waals surface area (Å²) in [6, 6.07) is 3.91. The van der Waals surface area contributed by atoms with Crippen LogP contribution in [0.5, 0.6) is 0 Å². The van der Waals surface area contributed by atoms with Gasteiger partial charge in [-0.2, -0.15) is 0 Å². The van der Waals surface area contributed by atoms with E-state index in [1.165, 1.54) is 11.3 Å². The first kappa shape index (κ1) is 12.1. The zero-order valence-electron chi connectivity index (χ0n) is 9.23. The van der Waals surface area contributed by atoms with E-state index in [1.807, 2.05) is 22.9 Å². The summed E-state index contributed by atoms with van der Waals surface area (Å²) < 4.78 is 5.04. The van der Waals surface area contributed by atoms with E-state index in [0.29, 0.717) is 17.2 Å². The lowest BCUT2D eigenvalue weighted by molar-refractivity contribution is 0.0529. The Bertz CT molecular complexity index is 506. The number of nitrogens with two attached hydrogens (primary N) is 1. The number of thiophene rings is 2. The molecule has 6 heteroatoms. The number of esters is 1. The Kier molecular flexibility index (Phi) is 3.78. The van der Waals surface area contributed by atoms with Gasteiger partial charge in [0, 0.05) is 15.8 Å². The predicted octanol–water partition coefficient (Wildman–Crippen LogP) is 2.94. The highest BCUT2D eigenvalue weighted by Crippen LogP contribution is 2.37. The number of ether oxygens (including phenoxy) is 1. The number of hydrogen-bond acceptors (Lipinski definition) is 6. The van der Waals surface area contributed by atoms with Crippen molar-refractivity contribution < 1.29 is 9.53 Å². The lowest BCUT2D eigenvalue weighted by Gasteiger charge is -2.05. The largest absolute Gasteiger partial charge is 0.462 e. The normalized spacial score (nSPS) is 10.2. The molecule has 0 fully saturated rings. The molecule has 0 atom stereocenters. The van der Waals surface area contributed by atoms with E-state index in [0.717, 1.165) is 10.4 Å². The van der Waals surface area contributed by atoms with Crippen molar-refractivity contribution in [2.75, 3.05) is 12.0 Å². The van der Waals surface area contributed by atoms with Crippen LogP contribution in [0.2, 0.25) is 0 Å². The van der Waals surface area contributed by atoms with Gasteiger partial charge in [-0.3, -0.25) is 0 Å². The average Bonchev–Trinajstić information content (AvgIpc) is 2.97. The highest BCUT2D eigenvalue weighted by molar-refractivity contribution is 7.16. The molecule has 0 radical (unpaired) electrons. The van der Waals surface area contributed by atoms with E-state index in [2.05, 4.69) is 5.43 Å². The molecule has 0 aromatic carbocycles. The van der Waals surface area contributed by atoms with Crippen molar-refractivity contribution in [2.24, 2.45) is 5.84 Å². The topological polar surface area (TPSA) is 64.3 Å². The third-order valence-electron chi connectivity index (χ3n) is 2.19. The van der Waals surface area contributed by atoms with Gasteiger partial charge in [0.1, 0.15) is 10.6 Å². The number of carbonyl (C=O) groups is 1. The second-order valence-corrected chi connectivity index (χ2v) is 5.02. The molecule has 0 saturated carbocycles. The zero-order valence-corrected chi connectivity index (χ0v) is 10.9. The van der Waals surface area contributed by atoms with Crippen LogP contribution in [-0.2, 0) is 4.74 Å². The van der Waals surface area contributed by atoms with Gasteiger partial charge < -0.3 is 10.2 Å². The second-order valence-electron chi connectivity index (χ2n) is 3.20. The molecule has 0 aliphatic rings. The fourth-order valence-electron chi connectivity index (χ4n) is 1.48. The van der Waals surface area contributed by atoms with Gasteiger partial charge in [-0.1, -0.05) is 6.07 Å². The summed E-state index contributed by atoms with van der Waals surface area (Å²) in [4.78, 5) is 12.9. The molecule has 2 aromatic rings. The van der Waals surface area contributed by atoms with Crippen molar-refractivity contribution in [3.63, 3.8) is 0 Å². The molecule has 0 bridgehead atoms. The lowest BCUT2D eigenvalue weighted by atomic mass is 10.1. The van der Waals surface area contributed by atoms with Crippen LogP contribution >= 0.6 is 22.7 Å². The van der Waals surface area contributed by atoms with Crippen LogP contribution in [0.3, 0.4) is 0 Å². The summed E-state index contributed by atoms with van der Waals surface area (Å²) in [5, 5.41) is 4.51. The molecular formula is C11H12N2O2S2. The molecule has 90 valence electrons. The van der Waals surface area contributed by atoms with E-state index >= 15 is 0 Å². The van der Waals surface area contributed by atoms with E-state index in [-0.39, 0.29) is 5.97 Å². The summed E-state index contributed by atoms with van der Waals surface area (Å²) >= 11 is 2.98. The molecule has 0 saturated heterocycles. The number of anilines is 1. The van der Waals surface area contributed by atoms with Crippen molar-refractivity contribution in [3.8, 4) is 10.4 Å². The fraction of sp³-hybridized carbons (Fsp3) is 0.182. The summed E-state index contributed by atoms with van der Waals surface area (Å²) in [6.07, 6.45) is 0. The first-order valence-electron chi connectivity index (χ1n) is 5.07. The van der Waals surface area contributed by atoms with E-state index in [1.54, 1.807) is 18.3 Å². The van der Waals surface area contributed by atoms with E-state index in [9.17, 15) is 4.79 Å². The molecule has 4 nitrogen and oxygen atoms in total. The second kappa shape index (κ2) is 5.31. The van der Waals surface area contributed by atoms with Gasteiger partial charge in [-0.25, -0.2) is 10.6 Å². The minimum atomic E-state index is -0.342. The maximum Gasteiger partial charge on any atom is 0.341 e. The number of nitrogens with one attached hydrogen (secondary N) is 1. The van der Waals surface area contributed by atoms with Crippen LogP contribution in [0.25, 0.3) is 10.4 Å². The van der Waals surface area contributed by atoms with Crippen molar-refractivity contribution in [2.45, 2.75) is 6.92 Å². The monoisotopic (exact) mass is 268 g/mol. The molecule has 0 aliphatic heterocycles. The first-order chi connectivity index (χ1) is 8.27. The highest BCUT2D eigenvalue weighted by atomic mass is 32.1. The Hall–Kier alpha value is -1.37. The van der Waals surface area contributed by atoms with Crippen molar-refractivity contribution in [1.29, 1.82) is 0 Å². The van der Waals surface area contributed by atoms with Crippen LogP contribution in [-0.4, -0.2) is 12.6 Å². The summed E-state index contributed by atoms with van der Waals surface area (Å²) in [6.45, 7) is 2.13. The number of rotatable bonds is 4.